The molecule has 0 unspecified atom stereocenters. The van der Waals surface area contributed by atoms with Crippen LogP contribution in [-0.2, 0) is 13.2 Å². The van der Waals surface area contributed by atoms with Gasteiger partial charge in [-0.1, -0.05) is 86.8 Å². The third kappa shape index (κ3) is 8.17. The number of hydrogen-bond donors (Lipinski definition) is 1. The molecule has 3 aromatic rings. The Morgan fingerprint density at radius 1 is 0.818 bits per heavy atom. The quantitative estimate of drug-likeness (QED) is 0.252. The molecule has 0 aliphatic carbocycles. The summed E-state index contributed by atoms with van der Waals surface area (Å²) < 4.78 is 6.32. The Kier molecular flexibility index (Phi) is 10.7. The zero-order chi connectivity index (χ0) is 23.3. The Bertz CT molecular complexity index is 960. The van der Waals surface area contributed by atoms with Crippen molar-refractivity contribution >= 4 is 10.8 Å². The minimum Gasteiger partial charge on any atom is -0.489 e. The van der Waals surface area contributed by atoms with Gasteiger partial charge in [0.15, 0.2) is 0 Å². The van der Waals surface area contributed by atoms with Crippen LogP contribution in [-0.4, -0.2) is 31.1 Å². The fraction of sp³-hybridized carbons (Fsp3) is 0.467. The Hall–Kier alpha value is -2.36. The highest BCUT2D eigenvalue weighted by Gasteiger charge is 2.10. The summed E-state index contributed by atoms with van der Waals surface area (Å²) in [6.45, 7) is 12.8. The molecule has 0 radical (unpaired) electrons. The molecule has 0 bridgehead atoms. The topological polar surface area (TPSA) is 24.5 Å². The van der Waals surface area contributed by atoms with Gasteiger partial charge in [-0.25, -0.2) is 0 Å². The smallest absolute Gasteiger partial charge is 0.124 e. The molecular weight excluding hydrogens is 404 g/mol. The maximum atomic E-state index is 6.32. The normalized spacial score (nSPS) is 11.4. The van der Waals surface area contributed by atoms with Gasteiger partial charge < -0.3 is 15.0 Å². The molecule has 178 valence electrons. The SMILES string of the molecule is CCCCN(CCCC)CCCNCc1c(OCc2cccc(C)c2)ccc2ccccc12. The van der Waals surface area contributed by atoms with E-state index in [-0.39, 0.29) is 0 Å². The van der Waals surface area contributed by atoms with Crippen LogP contribution in [0.2, 0.25) is 0 Å². The molecule has 0 aliphatic rings. The molecule has 3 aromatic carbocycles. The third-order valence-corrected chi connectivity index (χ3v) is 6.26. The lowest BCUT2D eigenvalue weighted by Crippen LogP contribution is -2.29. The van der Waals surface area contributed by atoms with Crippen LogP contribution in [0.25, 0.3) is 10.8 Å². The number of hydrogen-bond acceptors (Lipinski definition) is 3. The number of aryl methyl sites for hydroxylation is 1. The second-order valence-electron chi connectivity index (χ2n) is 9.12. The first kappa shape index (κ1) is 25.3. The van der Waals surface area contributed by atoms with Crippen molar-refractivity contribution in [3.8, 4) is 5.75 Å². The highest BCUT2D eigenvalue weighted by molar-refractivity contribution is 5.87. The molecule has 0 aliphatic heterocycles. The van der Waals surface area contributed by atoms with Gasteiger partial charge in [-0.15, -0.1) is 0 Å². The van der Waals surface area contributed by atoms with Crippen molar-refractivity contribution in [1.82, 2.24) is 10.2 Å². The van der Waals surface area contributed by atoms with Crippen LogP contribution < -0.4 is 10.1 Å². The van der Waals surface area contributed by atoms with Crippen molar-refractivity contribution in [1.29, 1.82) is 0 Å². The molecule has 3 heteroatoms. The predicted octanol–water partition coefficient (Wildman–Crippen LogP) is 7.11. The number of ether oxygens (including phenoxy) is 1. The van der Waals surface area contributed by atoms with E-state index in [1.54, 1.807) is 0 Å². The summed E-state index contributed by atoms with van der Waals surface area (Å²) >= 11 is 0. The summed E-state index contributed by atoms with van der Waals surface area (Å²) in [5.74, 6) is 0.982. The first-order chi connectivity index (χ1) is 16.2. The van der Waals surface area contributed by atoms with E-state index < -0.39 is 0 Å². The molecule has 0 fully saturated rings. The first-order valence-electron chi connectivity index (χ1n) is 12.8. The molecule has 1 N–H and O–H groups in total. The highest BCUT2D eigenvalue weighted by Crippen LogP contribution is 2.29. The maximum Gasteiger partial charge on any atom is 0.124 e. The van der Waals surface area contributed by atoms with Gasteiger partial charge in [0.2, 0.25) is 0 Å². The minimum absolute atomic E-state index is 0.594. The zero-order valence-corrected chi connectivity index (χ0v) is 20.9. The molecular formula is C30H42N2O. The van der Waals surface area contributed by atoms with E-state index in [1.165, 1.54) is 79.2 Å². The van der Waals surface area contributed by atoms with Crippen LogP contribution in [0.1, 0.15) is 62.6 Å². The lowest BCUT2D eigenvalue weighted by atomic mass is 10.0. The fourth-order valence-corrected chi connectivity index (χ4v) is 4.34. The molecule has 0 aromatic heterocycles. The van der Waals surface area contributed by atoms with Gasteiger partial charge in [-0.05, 0) is 74.8 Å². The van der Waals surface area contributed by atoms with Crippen LogP contribution in [0.4, 0.5) is 0 Å². The van der Waals surface area contributed by atoms with E-state index in [0.717, 1.165) is 18.8 Å². The fourth-order valence-electron chi connectivity index (χ4n) is 4.34. The lowest BCUT2D eigenvalue weighted by molar-refractivity contribution is 0.260. The Morgan fingerprint density at radius 2 is 1.58 bits per heavy atom. The number of unbranched alkanes of at least 4 members (excludes halogenated alkanes) is 2. The number of rotatable bonds is 15. The number of nitrogens with one attached hydrogen (secondary N) is 1. The van der Waals surface area contributed by atoms with Gasteiger partial charge in [0.1, 0.15) is 12.4 Å². The summed E-state index contributed by atoms with van der Waals surface area (Å²) in [7, 11) is 0. The van der Waals surface area contributed by atoms with Crippen molar-refractivity contribution in [2.75, 3.05) is 26.2 Å². The van der Waals surface area contributed by atoms with Crippen LogP contribution >= 0.6 is 0 Å². The van der Waals surface area contributed by atoms with Gasteiger partial charge >= 0.3 is 0 Å². The van der Waals surface area contributed by atoms with E-state index in [2.05, 4.69) is 91.7 Å². The van der Waals surface area contributed by atoms with Crippen molar-refractivity contribution in [3.63, 3.8) is 0 Å². The molecule has 0 amide bonds. The van der Waals surface area contributed by atoms with Crippen LogP contribution in [0.15, 0.2) is 60.7 Å². The molecule has 33 heavy (non-hydrogen) atoms. The van der Waals surface area contributed by atoms with Crippen LogP contribution in [0.3, 0.4) is 0 Å². The number of nitrogens with zero attached hydrogens (tertiary/aromatic N) is 1. The number of fused-ring (bicyclic) bond motifs is 1. The van der Waals surface area contributed by atoms with Crippen LogP contribution in [0, 0.1) is 6.92 Å². The monoisotopic (exact) mass is 446 g/mol. The van der Waals surface area contributed by atoms with Gasteiger partial charge in [0, 0.05) is 12.1 Å². The number of benzene rings is 3. The molecule has 0 saturated heterocycles. The highest BCUT2D eigenvalue weighted by atomic mass is 16.5. The van der Waals surface area contributed by atoms with Crippen molar-refractivity contribution in [2.24, 2.45) is 0 Å². The van der Waals surface area contributed by atoms with E-state index in [4.69, 9.17) is 4.74 Å². The minimum atomic E-state index is 0.594. The van der Waals surface area contributed by atoms with E-state index >= 15 is 0 Å². The summed E-state index contributed by atoms with van der Waals surface area (Å²) in [4.78, 5) is 2.64. The van der Waals surface area contributed by atoms with Crippen molar-refractivity contribution < 1.29 is 4.74 Å². The summed E-state index contributed by atoms with van der Waals surface area (Å²) in [6.07, 6.45) is 6.32. The molecule has 0 spiro atoms. The first-order valence-corrected chi connectivity index (χ1v) is 12.8. The average Bonchev–Trinajstić information content (AvgIpc) is 2.84. The Labute approximate surface area is 201 Å². The molecule has 3 rings (SSSR count). The zero-order valence-electron chi connectivity index (χ0n) is 20.9. The summed E-state index contributed by atoms with van der Waals surface area (Å²) in [5.41, 5.74) is 3.74. The summed E-state index contributed by atoms with van der Waals surface area (Å²) in [6, 6.07) is 21.5. The van der Waals surface area contributed by atoms with Gasteiger partial charge in [-0.2, -0.15) is 0 Å². The second kappa shape index (κ2) is 14.0. The Morgan fingerprint density at radius 3 is 2.33 bits per heavy atom. The second-order valence-corrected chi connectivity index (χ2v) is 9.12. The largest absolute Gasteiger partial charge is 0.489 e. The summed E-state index contributed by atoms with van der Waals surface area (Å²) in [5, 5.41) is 6.25. The molecule has 0 atom stereocenters. The van der Waals surface area contributed by atoms with Crippen molar-refractivity contribution in [2.45, 2.75) is 66.0 Å². The predicted molar refractivity (Wildman–Crippen MR) is 142 cm³/mol. The molecule has 3 nitrogen and oxygen atoms in total. The standard InChI is InChI=1S/C30H42N2O/c1-4-6-19-32(20-7-5-2)21-11-18-31-23-29-28-15-9-8-14-27(28)16-17-30(29)33-24-26-13-10-12-25(3)22-26/h8-10,12-17,22,31H,4-7,11,18-21,23-24H2,1-3H3. The van der Waals surface area contributed by atoms with Gasteiger partial charge in [0.25, 0.3) is 0 Å². The van der Waals surface area contributed by atoms with Gasteiger partial charge in [-0.3, -0.25) is 0 Å². The van der Waals surface area contributed by atoms with E-state index in [9.17, 15) is 0 Å². The third-order valence-electron chi connectivity index (χ3n) is 6.26. The van der Waals surface area contributed by atoms with E-state index in [1.807, 2.05) is 0 Å². The molecule has 0 saturated carbocycles. The molecule has 0 heterocycles. The Balaban J connectivity index is 1.60. The van der Waals surface area contributed by atoms with Crippen LogP contribution in [0.5, 0.6) is 5.75 Å². The van der Waals surface area contributed by atoms with Gasteiger partial charge in [0.05, 0.1) is 0 Å². The van der Waals surface area contributed by atoms with Crippen molar-refractivity contribution in [3.05, 3.63) is 77.4 Å². The maximum absolute atomic E-state index is 6.32. The van der Waals surface area contributed by atoms with E-state index in [0.29, 0.717) is 6.61 Å². The average molecular weight is 447 g/mol. The lowest BCUT2D eigenvalue weighted by Gasteiger charge is -2.22.